The lowest BCUT2D eigenvalue weighted by Crippen LogP contribution is -2.15. The second kappa shape index (κ2) is 8.10. The Bertz CT molecular complexity index is 1660. The maximum Gasteiger partial charge on any atom is 0.416 e. The molecule has 4 aromatic rings. The molecule has 1 unspecified atom stereocenters. The summed E-state index contributed by atoms with van der Waals surface area (Å²) in [5.41, 5.74) is 0.603. The number of ketones is 1. The van der Waals surface area contributed by atoms with E-state index >= 15 is 0 Å². The van der Waals surface area contributed by atoms with Gasteiger partial charge in [-0.15, -0.1) is 0 Å². The van der Waals surface area contributed by atoms with Gasteiger partial charge in [0.25, 0.3) is 0 Å². The second-order valence-corrected chi connectivity index (χ2v) is 8.29. The highest BCUT2D eigenvalue weighted by Gasteiger charge is 2.34. The normalized spacial score (nSPS) is 14.9. The van der Waals surface area contributed by atoms with Crippen LogP contribution in [0.25, 0.3) is 22.6 Å². The number of nitrogens with zero attached hydrogens (tertiary/aromatic N) is 1. The highest BCUT2D eigenvalue weighted by Crippen LogP contribution is 2.43. The Kier molecular flexibility index (Phi) is 5.17. The molecule has 172 valence electrons. The number of fused-ring (bicyclic) bond motifs is 3. The van der Waals surface area contributed by atoms with Crippen molar-refractivity contribution >= 4 is 28.4 Å². The molecule has 0 N–H and O–H groups in total. The Hall–Kier alpha value is -4.44. The predicted octanol–water partition coefficient (Wildman–Crippen LogP) is 6.57. The Morgan fingerprint density at radius 1 is 1.03 bits per heavy atom. The van der Waals surface area contributed by atoms with Crippen LogP contribution in [0.5, 0.6) is 0 Å². The quantitative estimate of drug-likeness (QED) is 0.310. The van der Waals surface area contributed by atoms with Gasteiger partial charge in [-0.2, -0.15) is 18.4 Å². The van der Waals surface area contributed by atoms with Gasteiger partial charge in [0.05, 0.1) is 34.1 Å². The second-order valence-electron chi connectivity index (χ2n) is 8.29. The van der Waals surface area contributed by atoms with Crippen molar-refractivity contribution in [2.75, 3.05) is 0 Å². The zero-order valence-corrected chi connectivity index (χ0v) is 18.3. The van der Waals surface area contributed by atoms with E-state index in [1.54, 1.807) is 42.5 Å². The summed E-state index contributed by atoms with van der Waals surface area (Å²) in [6.07, 6.45) is -3.18. The molecule has 4 nitrogen and oxygen atoms in total. The molecule has 0 saturated heterocycles. The molecular formula is C28H16F3NO3. The van der Waals surface area contributed by atoms with Gasteiger partial charge in [-0.05, 0) is 54.0 Å². The van der Waals surface area contributed by atoms with E-state index in [0.717, 1.165) is 12.1 Å². The number of nitriles is 1. The molecule has 1 aliphatic carbocycles. The summed E-state index contributed by atoms with van der Waals surface area (Å²) in [6, 6.07) is 18.1. The van der Waals surface area contributed by atoms with E-state index in [-0.39, 0.29) is 39.2 Å². The first kappa shape index (κ1) is 22.4. The van der Waals surface area contributed by atoms with Crippen LogP contribution in [0.1, 0.15) is 56.8 Å². The number of carbonyl (C=O) groups excluding carboxylic acids is 1. The molecule has 0 radical (unpaired) electrons. The number of benzene rings is 3. The van der Waals surface area contributed by atoms with Crippen LogP contribution < -0.4 is 5.43 Å². The molecule has 0 aliphatic heterocycles. The van der Waals surface area contributed by atoms with Crippen molar-refractivity contribution in [2.45, 2.75) is 19.0 Å². The van der Waals surface area contributed by atoms with Gasteiger partial charge < -0.3 is 4.42 Å². The lowest BCUT2D eigenvalue weighted by molar-refractivity contribution is -0.137. The molecule has 0 spiro atoms. The van der Waals surface area contributed by atoms with Gasteiger partial charge in [0, 0.05) is 5.56 Å². The van der Waals surface area contributed by atoms with Crippen LogP contribution >= 0.6 is 0 Å². The number of para-hydroxylation sites is 1. The molecular weight excluding hydrogens is 455 g/mol. The van der Waals surface area contributed by atoms with Crippen LogP contribution in [0.3, 0.4) is 0 Å². The minimum atomic E-state index is -4.59. The lowest BCUT2D eigenvalue weighted by Gasteiger charge is -2.22. The van der Waals surface area contributed by atoms with Crippen molar-refractivity contribution < 1.29 is 22.4 Å². The minimum Gasteiger partial charge on any atom is -0.459 e. The van der Waals surface area contributed by atoms with Crippen LogP contribution in [-0.2, 0) is 6.18 Å². The lowest BCUT2D eigenvalue weighted by atomic mass is 9.83. The summed E-state index contributed by atoms with van der Waals surface area (Å²) in [5.74, 6) is -1.11. The summed E-state index contributed by atoms with van der Waals surface area (Å²) in [6.45, 7) is 1.38. The summed E-state index contributed by atoms with van der Waals surface area (Å²) < 4.78 is 47.0. The van der Waals surface area contributed by atoms with Crippen molar-refractivity contribution in [3.05, 3.63) is 116 Å². The van der Waals surface area contributed by atoms with Crippen LogP contribution in [0, 0.1) is 11.3 Å². The molecule has 35 heavy (non-hydrogen) atoms. The number of hydrogen-bond acceptors (Lipinski definition) is 4. The molecule has 7 heteroatoms. The molecule has 1 aliphatic rings. The Morgan fingerprint density at radius 3 is 2.51 bits per heavy atom. The van der Waals surface area contributed by atoms with Gasteiger partial charge in [0.15, 0.2) is 11.2 Å². The van der Waals surface area contributed by atoms with Crippen molar-refractivity contribution in [1.82, 2.24) is 0 Å². The van der Waals surface area contributed by atoms with Crippen LogP contribution in [-0.4, -0.2) is 5.78 Å². The summed E-state index contributed by atoms with van der Waals surface area (Å²) in [5, 5.41) is 10.2. The Labute approximate surface area is 197 Å². The van der Waals surface area contributed by atoms with Gasteiger partial charge in [-0.1, -0.05) is 42.5 Å². The van der Waals surface area contributed by atoms with Crippen molar-refractivity contribution in [3.8, 4) is 6.07 Å². The zero-order chi connectivity index (χ0) is 24.9. The maximum absolute atomic E-state index is 13.6. The first-order chi connectivity index (χ1) is 16.7. The smallest absolute Gasteiger partial charge is 0.416 e. The van der Waals surface area contributed by atoms with Crippen LogP contribution in [0.15, 0.2) is 75.9 Å². The van der Waals surface area contributed by atoms with E-state index in [2.05, 4.69) is 6.07 Å². The average molecular weight is 471 g/mol. The topological polar surface area (TPSA) is 71.1 Å². The van der Waals surface area contributed by atoms with Crippen LogP contribution in [0.4, 0.5) is 13.2 Å². The fraction of sp³-hybridized carbons (Fsp3) is 0.107. The van der Waals surface area contributed by atoms with E-state index in [9.17, 15) is 28.0 Å². The van der Waals surface area contributed by atoms with E-state index < -0.39 is 23.1 Å². The number of rotatable bonds is 2. The maximum atomic E-state index is 13.6. The fourth-order valence-electron chi connectivity index (χ4n) is 4.47. The molecule has 1 atom stereocenters. The van der Waals surface area contributed by atoms with E-state index in [0.29, 0.717) is 16.7 Å². The fourth-order valence-corrected chi connectivity index (χ4v) is 4.47. The van der Waals surface area contributed by atoms with Gasteiger partial charge >= 0.3 is 6.18 Å². The number of Topliss-reactive ketones (excluding diaryl/α,β-unsaturated/α-hetero) is 1. The average Bonchev–Trinajstić information content (AvgIpc) is 2.97. The summed E-state index contributed by atoms with van der Waals surface area (Å²) >= 11 is 0. The number of carbonyl (C=O) groups is 1. The first-order valence-electron chi connectivity index (χ1n) is 10.7. The molecule has 1 heterocycles. The Morgan fingerprint density at radius 2 is 1.80 bits per heavy atom. The van der Waals surface area contributed by atoms with E-state index in [1.807, 2.05) is 0 Å². The molecule has 5 rings (SSSR count). The molecule has 1 aromatic heterocycles. The highest BCUT2D eigenvalue weighted by atomic mass is 19.4. The predicted molar refractivity (Wildman–Crippen MR) is 125 cm³/mol. The van der Waals surface area contributed by atoms with Gasteiger partial charge in [-0.25, -0.2) is 0 Å². The molecule has 0 amide bonds. The number of hydrogen-bond donors (Lipinski definition) is 0. The molecule has 0 bridgehead atoms. The van der Waals surface area contributed by atoms with E-state index in [1.165, 1.54) is 25.1 Å². The number of halogens is 3. The summed E-state index contributed by atoms with van der Waals surface area (Å²) in [7, 11) is 0. The minimum absolute atomic E-state index is 0.0863. The first-order valence-corrected chi connectivity index (χ1v) is 10.7. The third-order valence-electron chi connectivity index (χ3n) is 6.14. The summed E-state index contributed by atoms with van der Waals surface area (Å²) in [4.78, 5) is 25.6. The SMILES string of the molecule is CC(=O)c1ccc2c(c1)C(c1cccc(C(F)(F)F)c1)c1oc3ccccc3c(=O)c1C=C2C#N. The molecule has 0 fully saturated rings. The van der Waals surface area contributed by atoms with Crippen molar-refractivity contribution in [1.29, 1.82) is 5.26 Å². The third kappa shape index (κ3) is 3.73. The number of allylic oxidation sites excluding steroid dienone is 1. The van der Waals surface area contributed by atoms with Crippen molar-refractivity contribution in [2.24, 2.45) is 0 Å². The van der Waals surface area contributed by atoms with Gasteiger partial charge in [-0.3, -0.25) is 9.59 Å². The molecule has 0 saturated carbocycles. The molecule has 3 aromatic carbocycles. The number of alkyl halides is 3. The Balaban J connectivity index is 1.93. The van der Waals surface area contributed by atoms with Gasteiger partial charge in [0.2, 0.25) is 0 Å². The standard InChI is InChI=1S/C28H16F3NO3/c1-15(33)16-9-10-20-18(14-32)13-23-26(34)21-7-2-3-8-24(21)35-27(23)25(22(20)12-16)17-5-4-6-19(11-17)28(29,30)31/h2-13,25H,1H3. The van der Waals surface area contributed by atoms with Gasteiger partial charge in [0.1, 0.15) is 11.3 Å². The monoisotopic (exact) mass is 471 g/mol. The van der Waals surface area contributed by atoms with Crippen LogP contribution in [0.2, 0.25) is 0 Å². The van der Waals surface area contributed by atoms with Crippen molar-refractivity contribution in [3.63, 3.8) is 0 Å². The highest BCUT2D eigenvalue weighted by molar-refractivity contribution is 5.98. The largest absolute Gasteiger partial charge is 0.459 e. The van der Waals surface area contributed by atoms with E-state index in [4.69, 9.17) is 4.42 Å². The zero-order valence-electron chi connectivity index (χ0n) is 18.3. The third-order valence-corrected chi connectivity index (χ3v) is 6.14.